The zero-order chi connectivity index (χ0) is 14.7. The molecule has 0 aromatic heterocycles. The van der Waals surface area contributed by atoms with Crippen molar-refractivity contribution in [3.63, 3.8) is 0 Å². The SMILES string of the molecule is Cc1cc(Cl)ccc1NC(=S)Nc1c(C)cccc1Cl. The number of anilines is 2. The van der Waals surface area contributed by atoms with Crippen LogP contribution in [0.4, 0.5) is 11.4 Å². The van der Waals surface area contributed by atoms with Crippen molar-refractivity contribution >= 4 is 51.9 Å². The Morgan fingerprint density at radius 2 is 1.75 bits per heavy atom. The topological polar surface area (TPSA) is 24.1 Å². The average molecular weight is 325 g/mol. The van der Waals surface area contributed by atoms with Crippen molar-refractivity contribution in [3.05, 3.63) is 57.6 Å². The molecule has 0 atom stereocenters. The summed E-state index contributed by atoms with van der Waals surface area (Å²) in [6.45, 7) is 3.95. The molecule has 20 heavy (non-hydrogen) atoms. The fourth-order valence-electron chi connectivity index (χ4n) is 1.82. The first-order chi connectivity index (χ1) is 9.47. The van der Waals surface area contributed by atoms with Crippen LogP contribution in [-0.2, 0) is 0 Å². The van der Waals surface area contributed by atoms with E-state index in [1.165, 1.54) is 0 Å². The zero-order valence-corrected chi connectivity index (χ0v) is 13.5. The van der Waals surface area contributed by atoms with E-state index in [0.29, 0.717) is 15.2 Å². The van der Waals surface area contributed by atoms with E-state index in [4.69, 9.17) is 35.4 Å². The van der Waals surface area contributed by atoms with E-state index in [1.807, 2.05) is 50.2 Å². The minimum atomic E-state index is 0.492. The fourth-order valence-corrected chi connectivity index (χ4v) is 2.53. The number of rotatable bonds is 2. The highest BCUT2D eigenvalue weighted by atomic mass is 35.5. The highest BCUT2D eigenvalue weighted by molar-refractivity contribution is 7.80. The fraction of sp³-hybridized carbons (Fsp3) is 0.133. The van der Waals surface area contributed by atoms with Gasteiger partial charge in [-0.2, -0.15) is 0 Å². The number of benzene rings is 2. The highest BCUT2D eigenvalue weighted by Gasteiger charge is 2.07. The number of aryl methyl sites for hydroxylation is 2. The second-order valence-electron chi connectivity index (χ2n) is 4.47. The first kappa shape index (κ1) is 15.1. The maximum Gasteiger partial charge on any atom is 0.175 e. The molecule has 2 aromatic carbocycles. The van der Waals surface area contributed by atoms with E-state index in [2.05, 4.69) is 10.6 Å². The van der Waals surface area contributed by atoms with Crippen LogP contribution in [-0.4, -0.2) is 5.11 Å². The van der Waals surface area contributed by atoms with E-state index in [0.717, 1.165) is 22.5 Å². The van der Waals surface area contributed by atoms with Gasteiger partial charge in [-0.25, -0.2) is 0 Å². The maximum atomic E-state index is 6.16. The number of thiocarbonyl (C=S) groups is 1. The monoisotopic (exact) mass is 324 g/mol. The molecule has 0 fully saturated rings. The van der Waals surface area contributed by atoms with Gasteiger partial charge in [0.2, 0.25) is 0 Å². The molecule has 0 radical (unpaired) electrons. The first-order valence-electron chi connectivity index (χ1n) is 6.06. The van der Waals surface area contributed by atoms with Gasteiger partial charge in [0.25, 0.3) is 0 Å². The number of nitrogens with one attached hydrogen (secondary N) is 2. The molecule has 0 saturated carbocycles. The van der Waals surface area contributed by atoms with Crippen LogP contribution in [0.5, 0.6) is 0 Å². The molecular weight excluding hydrogens is 311 g/mol. The Kier molecular flexibility index (Phi) is 4.86. The van der Waals surface area contributed by atoms with Gasteiger partial charge in [-0.05, 0) is 61.5 Å². The molecule has 0 aliphatic rings. The van der Waals surface area contributed by atoms with Crippen LogP contribution >= 0.6 is 35.4 Å². The van der Waals surface area contributed by atoms with Gasteiger partial charge in [-0.15, -0.1) is 0 Å². The summed E-state index contributed by atoms with van der Waals surface area (Å²) < 4.78 is 0. The Labute approximate surface area is 134 Å². The summed E-state index contributed by atoms with van der Waals surface area (Å²) >= 11 is 17.4. The van der Waals surface area contributed by atoms with Crippen LogP contribution in [0.3, 0.4) is 0 Å². The van der Waals surface area contributed by atoms with Crippen LogP contribution < -0.4 is 10.6 Å². The summed E-state index contributed by atoms with van der Waals surface area (Å²) in [5.41, 5.74) is 3.79. The number of para-hydroxylation sites is 1. The van der Waals surface area contributed by atoms with Gasteiger partial charge in [-0.1, -0.05) is 35.3 Å². The van der Waals surface area contributed by atoms with E-state index in [-0.39, 0.29) is 0 Å². The van der Waals surface area contributed by atoms with Gasteiger partial charge in [0.1, 0.15) is 0 Å². The zero-order valence-electron chi connectivity index (χ0n) is 11.1. The second kappa shape index (κ2) is 6.44. The molecule has 104 valence electrons. The Balaban J connectivity index is 2.13. The van der Waals surface area contributed by atoms with Crippen molar-refractivity contribution < 1.29 is 0 Å². The van der Waals surface area contributed by atoms with Gasteiger partial charge < -0.3 is 10.6 Å². The van der Waals surface area contributed by atoms with Crippen molar-refractivity contribution in [3.8, 4) is 0 Å². The molecular formula is C15H14Cl2N2S. The summed E-state index contributed by atoms with van der Waals surface area (Å²) in [6.07, 6.45) is 0. The van der Waals surface area contributed by atoms with Gasteiger partial charge in [0.15, 0.2) is 5.11 Å². The van der Waals surface area contributed by atoms with Crippen molar-refractivity contribution in [2.45, 2.75) is 13.8 Å². The predicted octanol–water partition coefficient (Wildman–Crippen LogP) is 5.42. The van der Waals surface area contributed by atoms with E-state index < -0.39 is 0 Å². The largest absolute Gasteiger partial charge is 0.332 e. The Morgan fingerprint density at radius 3 is 2.40 bits per heavy atom. The lowest BCUT2D eigenvalue weighted by molar-refractivity contribution is 1.44. The predicted molar refractivity (Wildman–Crippen MR) is 92.2 cm³/mol. The van der Waals surface area contributed by atoms with E-state index in [9.17, 15) is 0 Å². The number of halogens is 2. The standard InChI is InChI=1S/C15H14Cl2N2S/c1-9-4-3-5-12(17)14(9)19-15(20)18-13-7-6-11(16)8-10(13)2/h3-8H,1-2H3,(H2,18,19,20). The molecule has 0 aliphatic heterocycles. The molecule has 0 spiro atoms. The number of hydrogen-bond donors (Lipinski definition) is 2. The molecule has 2 N–H and O–H groups in total. The van der Waals surface area contributed by atoms with Crippen molar-refractivity contribution in [2.24, 2.45) is 0 Å². The third-order valence-electron chi connectivity index (χ3n) is 2.90. The lowest BCUT2D eigenvalue weighted by Crippen LogP contribution is -2.20. The minimum absolute atomic E-state index is 0.492. The normalized spacial score (nSPS) is 10.2. The third kappa shape index (κ3) is 3.63. The van der Waals surface area contributed by atoms with Crippen LogP contribution in [0.15, 0.2) is 36.4 Å². The molecule has 0 aliphatic carbocycles. The van der Waals surface area contributed by atoms with E-state index in [1.54, 1.807) is 0 Å². The lowest BCUT2D eigenvalue weighted by atomic mass is 10.2. The van der Waals surface area contributed by atoms with E-state index >= 15 is 0 Å². The Morgan fingerprint density at radius 1 is 1.00 bits per heavy atom. The second-order valence-corrected chi connectivity index (χ2v) is 5.72. The van der Waals surface area contributed by atoms with Gasteiger partial charge >= 0.3 is 0 Å². The van der Waals surface area contributed by atoms with Crippen LogP contribution in [0.2, 0.25) is 10.0 Å². The van der Waals surface area contributed by atoms with Gasteiger partial charge in [0, 0.05) is 10.7 Å². The Bertz CT molecular complexity index is 636. The van der Waals surface area contributed by atoms with Crippen LogP contribution in [0.25, 0.3) is 0 Å². The highest BCUT2D eigenvalue weighted by Crippen LogP contribution is 2.26. The summed E-state index contributed by atoms with van der Waals surface area (Å²) in [7, 11) is 0. The summed E-state index contributed by atoms with van der Waals surface area (Å²) in [5, 5.41) is 8.10. The molecule has 0 unspecified atom stereocenters. The summed E-state index contributed by atoms with van der Waals surface area (Å²) in [5.74, 6) is 0. The quantitative estimate of drug-likeness (QED) is 0.721. The maximum absolute atomic E-state index is 6.16. The third-order valence-corrected chi connectivity index (χ3v) is 3.65. The van der Waals surface area contributed by atoms with Crippen molar-refractivity contribution in [1.82, 2.24) is 0 Å². The Hall–Kier alpha value is -1.29. The molecule has 0 saturated heterocycles. The van der Waals surface area contributed by atoms with Crippen molar-refractivity contribution in [1.29, 1.82) is 0 Å². The molecule has 0 bridgehead atoms. The van der Waals surface area contributed by atoms with Gasteiger partial charge in [-0.3, -0.25) is 0 Å². The molecule has 5 heteroatoms. The van der Waals surface area contributed by atoms with Crippen LogP contribution in [0, 0.1) is 13.8 Å². The molecule has 2 nitrogen and oxygen atoms in total. The molecule has 2 aromatic rings. The lowest BCUT2D eigenvalue weighted by Gasteiger charge is -2.15. The minimum Gasteiger partial charge on any atom is -0.332 e. The summed E-state index contributed by atoms with van der Waals surface area (Å²) in [6, 6.07) is 11.3. The van der Waals surface area contributed by atoms with Crippen LogP contribution in [0.1, 0.15) is 11.1 Å². The molecule has 2 rings (SSSR count). The number of hydrogen-bond acceptors (Lipinski definition) is 1. The van der Waals surface area contributed by atoms with Crippen molar-refractivity contribution in [2.75, 3.05) is 10.6 Å². The smallest absolute Gasteiger partial charge is 0.175 e. The first-order valence-corrected chi connectivity index (χ1v) is 7.23. The average Bonchev–Trinajstić information content (AvgIpc) is 2.37. The van der Waals surface area contributed by atoms with Gasteiger partial charge in [0.05, 0.1) is 10.7 Å². The molecule has 0 heterocycles. The summed E-state index contributed by atoms with van der Waals surface area (Å²) in [4.78, 5) is 0. The molecule has 0 amide bonds.